The molecule has 0 amide bonds. The zero-order valence-corrected chi connectivity index (χ0v) is 6.80. The largest absolute Gasteiger partial charge is 0.485 e. The van der Waals surface area contributed by atoms with E-state index in [0.717, 1.165) is 0 Å². The van der Waals surface area contributed by atoms with Crippen molar-refractivity contribution in [1.82, 2.24) is 4.98 Å². The quantitative estimate of drug-likeness (QED) is 0.722. The first kappa shape index (κ1) is 8.86. The minimum Gasteiger partial charge on any atom is -0.423 e. The fourth-order valence-electron chi connectivity index (χ4n) is 1.05. The Morgan fingerprint density at radius 2 is 1.93 bits per heavy atom. The number of benzene rings is 1. The lowest BCUT2D eigenvalue weighted by Crippen LogP contribution is -2.20. The van der Waals surface area contributed by atoms with Crippen molar-refractivity contribution in [3.05, 3.63) is 24.3 Å². The van der Waals surface area contributed by atoms with Gasteiger partial charge in [-0.2, -0.15) is 18.2 Å². The van der Waals surface area contributed by atoms with E-state index in [1.807, 2.05) is 0 Å². The highest BCUT2D eigenvalue weighted by Gasteiger charge is 2.29. The number of nitrogens with zero attached hydrogens (tertiary/aromatic N) is 1. The molecule has 0 saturated heterocycles. The smallest absolute Gasteiger partial charge is 0.423 e. The number of hydrogen-bond donors (Lipinski definition) is 1. The Balaban J connectivity index is 2.36. The predicted octanol–water partition coefficient (Wildman–Crippen LogP) is 2.76. The average Bonchev–Trinajstić information content (AvgIpc) is 2.42. The maximum Gasteiger partial charge on any atom is 0.485 e. The Kier molecular flexibility index (Phi) is 1.83. The van der Waals surface area contributed by atoms with Crippen LogP contribution in [0.15, 0.2) is 28.7 Å². The second-order valence-electron chi connectivity index (χ2n) is 2.61. The standard InChI is InChI=1S/C8H5F3N2O/c9-8(10,11)13-7-12-5-3-1-2-4-6(5)14-7/h1-4H,(H,12,13). The Morgan fingerprint density at radius 3 is 2.57 bits per heavy atom. The fraction of sp³-hybridized carbons (Fsp3) is 0.125. The summed E-state index contributed by atoms with van der Waals surface area (Å²) in [5, 5.41) is 1.19. The van der Waals surface area contributed by atoms with Crippen molar-refractivity contribution < 1.29 is 17.6 Å². The molecule has 0 fully saturated rings. The van der Waals surface area contributed by atoms with Crippen molar-refractivity contribution in [3.8, 4) is 0 Å². The molecule has 1 heterocycles. The molecule has 1 aromatic heterocycles. The summed E-state index contributed by atoms with van der Waals surface area (Å²) in [6.45, 7) is 0. The molecule has 0 bridgehead atoms. The molecule has 0 unspecified atom stereocenters. The van der Waals surface area contributed by atoms with Crippen molar-refractivity contribution in [2.45, 2.75) is 6.30 Å². The van der Waals surface area contributed by atoms with Crippen LogP contribution in [0.4, 0.5) is 19.2 Å². The van der Waals surface area contributed by atoms with E-state index in [2.05, 4.69) is 4.98 Å². The molecule has 74 valence electrons. The Morgan fingerprint density at radius 1 is 1.21 bits per heavy atom. The van der Waals surface area contributed by atoms with Gasteiger partial charge in [0, 0.05) is 0 Å². The number of nitrogens with one attached hydrogen (secondary N) is 1. The van der Waals surface area contributed by atoms with Crippen LogP contribution in [0, 0.1) is 0 Å². The van der Waals surface area contributed by atoms with Crippen molar-refractivity contribution in [2.24, 2.45) is 0 Å². The lowest BCUT2D eigenvalue weighted by molar-refractivity contribution is -0.102. The van der Waals surface area contributed by atoms with E-state index in [1.165, 1.54) is 5.32 Å². The molecule has 3 nitrogen and oxygen atoms in total. The highest BCUT2D eigenvalue weighted by atomic mass is 19.4. The number of oxazole rings is 1. The average molecular weight is 202 g/mol. The summed E-state index contributed by atoms with van der Waals surface area (Å²) in [6, 6.07) is 5.90. The summed E-state index contributed by atoms with van der Waals surface area (Å²) in [5.74, 6) is 0. The van der Waals surface area contributed by atoms with Gasteiger partial charge < -0.3 is 4.42 Å². The van der Waals surface area contributed by atoms with Crippen LogP contribution in [0.3, 0.4) is 0 Å². The molecule has 0 aliphatic rings. The van der Waals surface area contributed by atoms with E-state index in [1.54, 1.807) is 24.3 Å². The third-order valence-electron chi connectivity index (χ3n) is 1.54. The van der Waals surface area contributed by atoms with Crippen molar-refractivity contribution in [1.29, 1.82) is 0 Å². The van der Waals surface area contributed by atoms with Gasteiger partial charge in [-0.25, -0.2) is 0 Å². The molecule has 1 aromatic carbocycles. The van der Waals surface area contributed by atoms with Crippen LogP contribution in [0.2, 0.25) is 0 Å². The summed E-state index contributed by atoms with van der Waals surface area (Å²) < 4.78 is 40.4. The molecule has 1 N–H and O–H groups in total. The number of rotatable bonds is 1. The molecule has 0 radical (unpaired) electrons. The number of para-hydroxylation sites is 2. The fourth-order valence-corrected chi connectivity index (χ4v) is 1.05. The first-order valence-corrected chi connectivity index (χ1v) is 3.75. The highest BCUT2D eigenvalue weighted by Crippen LogP contribution is 2.23. The normalized spacial score (nSPS) is 11.9. The van der Waals surface area contributed by atoms with Gasteiger partial charge in [0.1, 0.15) is 5.52 Å². The SMILES string of the molecule is FC(F)(F)Nc1nc2ccccc2o1. The third kappa shape index (κ3) is 1.78. The van der Waals surface area contributed by atoms with Gasteiger partial charge in [-0.05, 0) is 12.1 Å². The zero-order chi connectivity index (χ0) is 10.2. The van der Waals surface area contributed by atoms with E-state index >= 15 is 0 Å². The number of hydrogen-bond acceptors (Lipinski definition) is 3. The molecule has 0 aliphatic carbocycles. The number of halogens is 3. The summed E-state index contributed by atoms with van der Waals surface area (Å²) in [5.41, 5.74) is 0.707. The second kappa shape index (κ2) is 2.90. The Labute approximate surface area is 76.5 Å². The minimum atomic E-state index is -4.53. The molecule has 0 aliphatic heterocycles. The second-order valence-corrected chi connectivity index (χ2v) is 2.61. The number of fused-ring (bicyclic) bond motifs is 1. The van der Waals surface area contributed by atoms with Crippen LogP contribution in [-0.2, 0) is 0 Å². The van der Waals surface area contributed by atoms with Crippen molar-refractivity contribution >= 4 is 17.1 Å². The molecule has 0 spiro atoms. The summed E-state index contributed by atoms with van der Waals surface area (Å²) in [7, 11) is 0. The molecule has 0 atom stereocenters. The highest BCUT2D eigenvalue weighted by molar-refractivity contribution is 5.74. The zero-order valence-electron chi connectivity index (χ0n) is 6.80. The lowest BCUT2D eigenvalue weighted by Gasteiger charge is -2.03. The Hall–Kier alpha value is -1.72. The number of anilines is 1. The maximum atomic E-state index is 11.9. The van der Waals surface area contributed by atoms with Crippen molar-refractivity contribution in [2.75, 3.05) is 5.32 Å². The van der Waals surface area contributed by atoms with Gasteiger partial charge in [0.15, 0.2) is 5.58 Å². The molecule has 0 saturated carbocycles. The minimum absolute atomic E-state index is 0.319. The van der Waals surface area contributed by atoms with Crippen LogP contribution in [0.25, 0.3) is 11.1 Å². The van der Waals surface area contributed by atoms with Crippen LogP contribution in [-0.4, -0.2) is 11.3 Å². The van der Waals surface area contributed by atoms with E-state index in [9.17, 15) is 13.2 Å². The van der Waals surface area contributed by atoms with Crippen LogP contribution < -0.4 is 5.32 Å². The summed E-state index contributed by atoms with van der Waals surface area (Å²) in [4.78, 5) is 3.60. The van der Waals surface area contributed by atoms with Gasteiger partial charge in [-0.1, -0.05) is 12.1 Å². The number of aromatic nitrogens is 1. The lowest BCUT2D eigenvalue weighted by atomic mass is 10.3. The monoisotopic (exact) mass is 202 g/mol. The van der Waals surface area contributed by atoms with Crippen LogP contribution in [0.1, 0.15) is 0 Å². The van der Waals surface area contributed by atoms with Gasteiger partial charge in [-0.3, -0.25) is 5.32 Å². The van der Waals surface area contributed by atoms with E-state index in [0.29, 0.717) is 11.1 Å². The van der Waals surface area contributed by atoms with E-state index < -0.39 is 12.3 Å². The van der Waals surface area contributed by atoms with Gasteiger partial charge in [0.05, 0.1) is 0 Å². The molecule has 14 heavy (non-hydrogen) atoms. The van der Waals surface area contributed by atoms with Crippen LogP contribution >= 0.6 is 0 Å². The molecular weight excluding hydrogens is 197 g/mol. The van der Waals surface area contributed by atoms with Crippen LogP contribution in [0.5, 0.6) is 0 Å². The summed E-state index contributed by atoms with van der Waals surface area (Å²) in [6.07, 6.45) is -4.53. The van der Waals surface area contributed by atoms with E-state index in [-0.39, 0.29) is 0 Å². The first-order chi connectivity index (χ1) is 6.54. The molecule has 6 heteroatoms. The van der Waals surface area contributed by atoms with E-state index in [4.69, 9.17) is 4.42 Å². The Bertz CT molecular complexity index is 416. The predicted molar refractivity (Wildman–Crippen MR) is 43.7 cm³/mol. The third-order valence-corrected chi connectivity index (χ3v) is 1.54. The molecule has 2 aromatic rings. The van der Waals surface area contributed by atoms with Gasteiger partial charge in [0.25, 0.3) is 0 Å². The summed E-state index contributed by atoms with van der Waals surface area (Å²) >= 11 is 0. The van der Waals surface area contributed by atoms with Gasteiger partial charge in [0.2, 0.25) is 0 Å². The molecule has 2 rings (SSSR count). The molecular formula is C8H5F3N2O. The van der Waals surface area contributed by atoms with Crippen molar-refractivity contribution in [3.63, 3.8) is 0 Å². The topological polar surface area (TPSA) is 38.1 Å². The maximum absolute atomic E-state index is 11.9. The number of alkyl halides is 3. The van der Waals surface area contributed by atoms with Gasteiger partial charge in [-0.15, -0.1) is 0 Å². The first-order valence-electron chi connectivity index (χ1n) is 3.75. The van der Waals surface area contributed by atoms with Gasteiger partial charge >= 0.3 is 12.3 Å².